The normalized spacial score (nSPS) is 13.9. The Balaban J connectivity index is 2.95. The van der Waals surface area contributed by atoms with Gasteiger partial charge in [-0.05, 0) is 18.6 Å². The van der Waals surface area contributed by atoms with Crippen molar-refractivity contribution in [2.75, 3.05) is 7.11 Å². The number of ether oxygens (including phenoxy) is 1. The molecule has 4 heteroatoms. The molecule has 0 aliphatic carbocycles. The highest BCUT2D eigenvalue weighted by molar-refractivity contribution is 8.02. The maximum absolute atomic E-state index is 11.6. The van der Waals surface area contributed by atoms with E-state index in [2.05, 4.69) is 4.74 Å². The number of hydrogen-bond acceptors (Lipinski definition) is 4. The van der Waals surface area contributed by atoms with Crippen molar-refractivity contribution in [3.05, 3.63) is 30.3 Å². The number of esters is 1. The molecule has 0 aromatic heterocycles. The minimum absolute atomic E-state index is 0.405. The fraction of sp³-hybridized carbons (Fsp3) is 0.333. The summed E-state index contributed by atoms with van der Waals surface area (Å²) < 4.78 is 3.55. The van der Waals surface area contributed by atoms with E-state index in [0.29, 0.717) is 12.7 Å². The molecule has 1 unspecified atom stereocenters. The number of benzene rings is 1. The van der Waals surface area contributed by atoms with E-state index in [1.54, 1.807) is 6.92 Å². The van der Waals surface area contributed by atoms with E-state index >= 15 is 0 Å². The summed E-state index contributed by atoms with van der Waals surface area (Å²) in [6.07, 6.45) is 1.07. The highest BCUT2D eigenvalue weighted by atomic mass is 32.2. The largest absolute Gasteiger partial charge is 0.468 e. The Bertz CT molecular complexity index is 364. The fourth-order valence-electron chi connectivity index (χ4n) is 1.29. The summed E-state index contributed by atoms with van der Waals surface area (Å²) in [4.78, 5) is 23.6. The number of hydrogen-bond donors (Lipinski definition) is 0. The topological polar surface area (TPSA) is 43.4 Å². The lowest BCUT2D eigenvalue weighted by atomic mass is 10.1. The molecule has 16 heavy (non-hydrogen) atoms. The Morgan fingerprint density at radius 1 is 1.44 bits per heavy atom. The molecular weight excluding hydrogens is 224 g/mol. The van der Waals surface area contributed by atoms with Gasteiger partial charge in [-0.1, -0.05) is 36.9 Å². The Kier molecular flexibility index (Phi) is 4.55. The van der Waals surface area contributed by atoms with Gasteiger partial charge in [-0.2, -0.15) is 0 Å². The van der Waals surface area contributed by atoms with Gasteiger partial charge < -0.3 is 9.53 Å². The number of rotatable bonds is 5. The summed E-state index contributed by atoms with van der Waals surface area (Å²) in [6, 6.07) is 9.34. The molecular formula is C12H14O3S. The molecule has 0 saturated carbocycles. The molecule has 1 rings (SSSR count). The Labute approximate surface area is 99.2 Å². The van der Waals surface area contributed by atoms with Gasteiger partial charge in [0.1, 0.15) is 6.29 Å². The highest BCUT2D eigenvalue weighted by Gasteiger charge is 2.39. The second-order valence-electron chi connectivity index (χ2n) is 3.27. The first-order chi connectivity index (χ1) is 7.68. The lowest BCUT2D eigenvalue weighted by Crippen LogP contribution is -2.37. The highest BCUT2D eigenvalue weighted by Crippen LogP contribution is 2.34. The zero-order valence-corrected chi connectivity index (χ0v) is 10.1. The number of aldehydes is 1. The van der Waals surface area contributed by atoms with Crippen LogP contribution in [0, 0.1) is 0 Å². The molecule has 0 fully saturated rings. The van der Waals surface area contributed by atoms with Gasteiger partial charge >= 0.3 is 5.97 Å². The van der Waals surface area contributed by atoms with Crippen LogP contribution in [0.4, 0.5) is 0 Å². The van der Waals surface area contributed by atoms with Crippen LogP contribution < -0.4 is 0 Å². The van der Waals surface area contributed by atoms with Crippen molar-refractivity contribution >= 4 is 24.0 Å². The molecule has 86 valence electrons. The smallest absolute Gasteiger partial charge is 0.329 e. The second-order valence-corrected chi connectivity index (χ2v) is 4.67. The summed E-state index contributed by atoms with van der Waals surface area (Å²) in [6.45, 7) is 1.79. The fourth-order valence-corrected chi connectivity index (χ4v) is 2.36. The first kappa shape index (κ1) is 12.8. The summed E-state index contributed by atoms with van der Waals surface area (Å²) >= 11 is 1.23. The van der Waals surface area contributed by atoms with Crippen LogP contribution in [0.25, 0.3) is 0 Å². The van der Waals surface area contributed by atoms with Gasteiger partial charge in [-0.15, -0.1) is 0 Å². The molecule has 1 aromatic rings. The van der Waals surface area contributed by atoms with Gasteiger partial charge in [0.15, 0.2) is 4.75 Å². The molecule has 0 spiro atoms. The third-order valence-electron chi connectivity index (χ3n) is 2.29. The van der Waals surface area contributed by atoms with E-state index in [1.807, 2.05) is 30.3 Å². The van der Waals surface area contributed by atoms with Crippen LogP contribution in [0.1, 0.15) is 13.3 Å². The first-order valence-corrected chi connectivity index (χ1v) is 5.79. The molecule has 0 bridgehead atoms. The van der Waals surface area contributed by atoms with Crippen molar-refractivity contribution in [1.29, 1.82) is 0 Å². The predicted molar refractivity (Wildman–Crippen MR) is 63.4 cm³/mol. The lowest BCUT2D eigenvalue weighted by Gasteiger charge is -2.22. The van der Waals surface area contributed by atoms with Crippen molar-refractivity contribution in [3.63, 3.8) is 0 Å². The summed E-state index contributed by atoms with van der Waals surface area (Å²) in [5.74, 6) is -0.501. The van der Waals surface area contributed by atoms with Gasteiger partial charge in [-0.3, -0.25) is 4.79 Å². The Morgan fingerprint density at radius 2 is 2.06 bits per heavy atom. The third-order valence-corrected chi connectivity index (χ3v) is 3.71. The van der Waals surface area contributed by atoms with Crippen LogP contribution >= 0.6 is 11.8 Å². The second kappa shape index (κ2) is 5.70. The predicted octanol–water partition coefficient (Wildman–Crippen LogP) is 2.30. The molecule has 0 radical (unpaired) electrons. The van der Waals surface area contributed by atoms with Gasteiger partial charge in [-0.25, -0.2) is 0 Å². The van der Waals surface area contributed by atoms with Crippen molar-refractivity contribution in [2.24, 2.45) is 0 Å². The van der Waals surface area contributed by atoms with E-state index in [9.17, 15) is 9.59 Å². The van der Waals surface area contributed by atoms with Gasteiger partial charge in [0.2, 0.25) is 0 Å². The van der Waals surface area contributed by atoms with E-state index in [0.717, 1.165) is 4.90 Å². The summed E-state index contributed by atoms with van der Waals surface area (Å²) in [7, 11) is 1.29. The molecule has 0 N–H and O–H groups in total. The monoisotopic (exact) mass is 238 g/mol. The molecule has 0 aliphatic heterocycles. The van der Waals surface area contributed by atoms with Gasteiger partial charge in [0, 0.05) is 4.90 Å². The van der Waals surface area contributed by atoms with Crippen LogP contribution in [-0.2, 0) is 14.3 Å². The minimum Gasteiger partial charge on any atom is -0.468 e. The van der Waals surface area contributed by atoms with Crippen LogP contribution in [0.3, 0.4) is 0 Å². The van der Waals surface area contributed by atoms with Crippen LogP contribution in [0.5, 0.6) is 0 Å². The van der Waals surface area contributed by atoms with E-state index in [-0.39, 0.29) is 0 Å². The summed E-state index contributed by atoms with van der Waals surface area (Å²) in [5.41, 5.74) is 0. The molecule has 0 amide bonds. The van der Waals surface area contributed by atoms with Crippen LogP contribution in [0.2, 0.25) is 0 Å². The molecule has 0 aliphatic rings. The summed E-state index contributed by atoms with van der Waals surface area (Å²) in [5, 5.41) is 0. The van der Waals surface area contributed by atoms with Gasteiger partial charge in [0.25, 0.3) is 0 Å². The van der Waals surface area contributed by atoms with E-state index < -0.39 is 10.7 Å². The minimum atomic E-state index is -1.13. The molecule has 3 nitrogen and oxygen atoms in total. The number of methoxy groups -OCH3 is 1. The Morgan fingerprint density at radius 3 is 2.50 bits per heavy atom. The average molecular weight is 238 g/mol. The van der Waals surface area contributed by atoms with E-state index in [4.69, 9.17) is 0 Å². The van der Waals surface area contributed by atoms with Crippen molar-refractivity contribution in [2.45, 2.75) is 23.0 Å². The maximum atomic E-state index is 11.6. The standard InChI is InChI=1S/C12H14O3S/c1-3-12(9-13,11(14)15-2)16-10-7-5-4-6-8-10/h4-9H,3H2,1-2H3. The zero-order valence-electron chi connectivity index (χ0n) is 9.30. The van der Waals surface area contributed by atoms with Crippen molar-refractivity contribution in [3.8, 4) is 0 Å². The Hall–Kier alpha value is -1.29. The number of thioether (sulfide) groups is 1. The molecule has 0 saturated heterocycles. The lowest BCUT2D eigenvalue weighted by molar-refractivity contribution is -0.144. The van der Waals surface area contributed by atoms with Crippen LogP contribution in [-0.4, -0.2) is 24.1 Å². The average Bonchev–Trinajstić information content (AvgIpc) is 2.36. The van der Waals surface area contributed by atoms with Crippen molar-refractivity contribution in [1.82, 2.24) is 0 Å². The molecule has 1 atom stereocenters. The molecule has 0 heterocycles. The number of carbonyl (C=O) groups is 2. The molecule has 1 aromatic carbocycles. The SMILES string of the molecule is CCC(C=O)(Sc1ccccc1)C(=O)OC. The van der Waals surface area contributed by atoms with E-state index in [1.165, 1.54) is 18.9 Å². The zero-order chi connectivity index (χ0) is 12.0. The van der Waals surface area contributed by atoms with Crippen LogP contribution in [0.15, 0.2) is 35.2 Å². The van der Waals surface area contributed by atoms with Crippen molar-refractivity contribution < 1.29 is 14.3 Å². The van der Waals surface area contributed by atoms with Gasteiger partial charge in [0.05, 0.1) is 7.11 Å². The maximum Gasteiger partial charge on any atom is 0.329 e. The number of carbonyl (C=O) groups excluding carboxylic acids is 2. The third kappa shape index (κ3) is 2.64. The quantitative estimate of drug-likeness (QED) is 0.342. The first-order valence-electron chi connectivity index (χ1n) is 4.97.